The number of halogens is 2. The first-order valence-corrected chi connectivity index (χ1v) is 5.37. The molecule has 3 heteroatoms. The van der Waals surface area contributed by atoms with Crippen LogP contribution in [0.5, 0.6) is 0 Å². The number of rotatable bonds is 2. The molecular weight excluding hydrogens is 330 g/mol. The normalized spacial score (nSPS) is 14.5. The molecule has 0 N–H and O–H groups in total. The van der Waals surface area contributed by atoms with Gasteiger partial charge >= 0.3 is 26.2 Å². The van der Waals surface area contributed by atoms with E-state index in [1.807, 2.05) is 12.2 Å². The van der Waals surface area contributed by atoms with Crippen molar-refractivity contribution in [2.45, 2.75) is 39.5 Å². The van der Waals surface area contributed by atoms with Crippen molar-refractivity contribution in [2.24, 2.45) is 0 Å². The maximum absolute atomic E-state index is 3.23. The molecule has 0 saturated heterocycles. The van der Waals surface area contributed by atoms with E-state index in [9.17, 15) is 0 Å². The zero-order chi connectivity index (χ0) is 10.2. The van der Waals surface area contributed by atoms with Crippen molar-refractivity contribution in [1.82, 2.24) is 0 Å². The van der Waals surface area contributed by atoms with Crippen LogP contribution in [0.25, 0.3) is 0 Å². The number of allylic oxidation sites excluding steroid dienone is 8. The summed E-state index contributed by atoms with van der Waals surface area (Å²) < 4.78 is 0. The van der Waals surface area contributed by atoms with Crippen LogP contribution in [0.2, 0.25) is 0 Å². The van der Waals surface area contributed by atoms with Gasteiger partial charge in [0.25, 0.3) is 0 Å². The Kier molecular flexibility index (Phi) is 19.2. The zero-order valence-electron chi connectivity index (χ0n) is 10.5. The second kappa shape index (κ2) is 14.5. The van der Waals surface area contributed by atoms with E-state index in [1.54, 1.807) is 5.57 Å². The van der Waals surface area contributed by atoms with E-state index in [0.717, 1.165) is 12.8 Å². The molecule has 17 heavy (non-hydrogen) atoms. The molecule has 2 aliphatic rings. The van der Waals surface area contributed by atoms with Gasteiger partial charge in [0.1, 0.15) is 0 Å². The van der Waals surface area contributed by atoms with Gasteiger partial charge in [0.05, 0.1) is 0 Å². The molecule has 0 aromatic rings. The quantitative estimate of drug-likeness (QED) is 0.614. The first kappa shape index (κ1) is 22.6. The third-order valence-electron chi connectivity index (χ3n) is 2.44. The molecule has 0 amide bonds. The Morgan fingerprint density at radius 2 is 1.82 bits per heavy atom. The molecule has 0 bridgehead atoms. The monoisotopic (exact) mass is 348 g/mol. The predicted octanol–water partition coefficient (Wildman–Crippen LogP) is 5.01. The summed E-state index contributed by atoms with van der Waals surface area (Å²) in [7, 11) is 0. The molecule has 0 unspecified atom stereocenters. The van der Waals surface area contributed by atoms with Crippen LogP contribution in [0.1, 0.15) is 39.5 Å². The largest absolute Gasteiger partial charge is 2.00 e. The first-order valence-electron chi connectivity index (χ1n) is 5.37. The molecule has 94 valence electrons. The molecule has 0 heterocycles. The SMILES string of the molecule is CCC1=C(CC)C[C-]=C1.Cl.Cl.[C-]1=CC=CC1.[Zr+2]. The van der Waals surface area contributed by atoms with Crippen LogP contribution in [-0.4, -0.2) is 0 Å². The molecule has 0 nitrogen and oxygen atoms in total. The maximum Gasteiger partial charge on any atom is 2.00 e. The van der Waals surface area contributed by atoms with Gasteiger partial charge in [-0.25, -0.2) is 18.2 Å². The Morgan fingerprint density at radius 3 is 2.12 bits per heavy atom. The topological polar surface area (TPSA) is 0 Å². The summed E-state index contributed by atoms with van der Waals surface area (Å²) in [4.78, 5) is 0. The van der Waals surface area contributed by atoms with Crippen LogP contribution in [0, 0.1) is 12.2 Å². The van der Waals surface area contributed by atoms with Crippen LogP contribution in [-0.2, 0) is 26.2 Å². The van der Waals surface area contributed by atoms with Gasteiger partial charge in [0.2, 0.25) is 0 Å². The first-order chi connectivity index (χ1) is 6.88. The fourth-order valence-electron chi connectivity index (χ4n) is 1.56. The molecular formula is C14H20Cl2Zr. The van der Waals surface area contributed by atoms with E-state index in [2.05, 4.69) is 38.2 Å². The van der Waals surface area contributed by atoms with Crippen molar-refractivity contribution in [3.05, 3.63) is 47.6 Å². The van der Waals surface area contributed by atoms with E-state index in [1.165, 1.54) is 18.4 Å². The number of hydrogen-bond acceptors (Lipinski definition) is 0. The van der Waals surface area contributed by atoms with Crippen molar-refractivity contribution in [1.29, 1.82) is 0 Å². The van der Waals surface area contributed by atoms with Gasteiger partial charge in [-0.2, -0.15) is 17.2 Å². The molecule has 0 atom stereocenters. The fraction of sp³-hybridized carbons (Fsp3) is 0.429. The summed E-state index contributed by atoms with van der Waals surface area (Å²) in [5.41, 5.74) is 3.09. The Labute approximate surface area is 137 Å². The van der Waals surface area contributed by atoms with E-state index < -0.39 is 0 Å². The van der Waals surface area contributed by atoms with E-state index in [4.69, 9.17) is 0 Å². The van der Waals surface area contributed by atoms with Gasteiger partial charge in [-0.3, -0.25) is 12.2 Å². The second-order valence-electron chi connectivity index (χ2n) is 3.36. The van der Waals surface area contributed by atoms with Crippen LogP contribution in [0.15, 0.2) is 35.5 Å². The molecule has 0 aromatic heterocycles. The molecule has 2 rings (SSSR count). The molecule has 0 aliphatic heterocycles. The molecule has 2 aliphatic carbocycles. The van der Waals surface area contributed by atoms with Gasteiger partial charge < -0.3 is 0 Å². The van der Waals surface area contributed by atoms with E-state index in [-0.39, 0.29) is 51.0 Å². The van der Waals surface area contributed by atoms with Gasteiger partial charge in [-0.05, 0) is 0 Å². The average molecular weight is 350 g/mol. The summed E-state index contributed by atoms with van der Waals surface area (Å²) in [6, 6.07) is 0. The molecule has 0 radical (unpaired) electrons. The van der Waals surface area contributed by atoms with Crippen molar-refractivity contribution >= 4 is 24.8 Å². The summed E-state index contributed by atoms with van der Waals surface area (Å²) in [5, 5.41) is 0. The minimum Gasteiger partial charge on any atom is -0.273 e. The minimum absolute atomic E-state index is 0. The Balaban J connectivity index is -0.000000216. The van der Waals surface area contributed by atoms with Gasteiger partial charge in [0, 0.05) is 0 Å². The Bertz CT molecular complexity index is 279. The van der Waals surface area contributed by atoms with Crippen molar-refractivity contribution in [3.63, 3.8) is 0 Å². The van der Waals surface area contributed by atoms with Crippen LogP contribution in [0.3, 0.4) is 0 Å². The summed E-state index contributed by atoms with van der Waals surface area (Å²) in [5.74, 6) is 0. The van der Waals surface area contributed by atoms with Crippen molar-refractivity contribution < 1.29 is 26.2 Å². The van der Waals surface area contributed by atoms with Gasteiger partial charge in [-0.1, -0.05) is 26.7 Å². The van der Waals surface area contributed by atoms with Crippen LogP contribution >= 0.6 is 24.8 Å². The van der Waals surface area contributed by atoms with Crippen LogP contribution in [0.4, 0.5) is 0 Å². The van der Waals surface area contributed by atoms with Gasteiger partial charge in [0.15, 0.2) is 0 Å². The predicted molar refractivity (Wildman–Crippen MR) is 76.1 cm³/mol. The molecule has 0 fully saturated rings. The molecule has 0 aromatic carbocycles. The molecule has 0 saturated carbocycles. The van der Waals surface area contributed by atoms with Crippen LogP contribution < -0.4 is 0 Å². The summed E-state index contributed by atoms with van der Waals surface area (Å²) >= 11 is 0. The minimum atomic E-state index is 0. The van der Waals surface area contributed by atoms with Crippen molar-refractivity contribution in [2.75, 3.05) is 0 Å². The average Bonchev–Trinajstić information content (AvgIpc) is 2.91. The van der Waals surface area contributed by atoms with E-state index in [0.29, 0.717) is 0 Å². The smallest absolute Gasteiger partial charge is 0.273 e. The van der Waals surface area contributed by atoms with Gasteiger partial charge in [-0.15, -0.1) is 37.7 Å². The third-order valence-corrected chi connectivity index (χ3v) is 2.44. The Hall–Kier alpha value is 0.423. The summed E-state index contributed by atoms with van der Waals surface area (Å²) in [6.07, 6.45) is 18.8. The Morgan fingerprint density at radius 1 is 1.12 bits per heavy atom. The second-order valence-corrected chi connectivity index (χ2v) is 3.36. The zero-order valence-corrected chi connectivity index (χ0v) is 14.5. The summed E-state index contributed by atoms with van der Waals surface area (Å²) in [6.45, 7) is 4.42. The fourth-order valence-corrected chi connectivity index (χ4v) is 1.56. The number of hydrogen-bond donors (Lipinski definition) is 0. The molecule has 0 spiro atoms. The van der Waals surface area contributed by atoms with E-state index >= 15 is 0 Å². The van der Waals surface area contributed by atoms with Crippen molar-refractivity contribution in [3.8, 4) is 0 Å². The third kappa shape index (κ3) is 9.06. The maximum atomic E-state index is 3.23. The standard InChI is InChI=1S/C9H13.C5H5.2ClH.Zr/c1-3-8-6-5-7-9(8)4-2;1-2-4-5-3-1;;;/h6H,3-4,7H2,1-2H3;1-3H,4H2;2*1H;/q2*-1;;;+2.